The Bertz CT molecular complexity index is 379. The van der Waals surface area contributed by atoms with Gasteiger partial charge in [0.2, 0.25) is 0 Å². The fraction of sp³-hybridized carbons (Fsp3) is 0.333. The smallest absolute Gasteiger partial charge is 0.142 e. The van der Waals surface area contributed by atoms with Crippen molar-refractivity contribution in [2.75, 3.05) is 13.7 Å². The lowest BCUT2D eigenvalue weighted by Crippen LogP contribution is -1.96. The average Bonchev–Trinajstić information content (AvgIpc) is 2.26. The molecule has 0 aliphatic carbocycles. The largest absolute Gasteiger partial charge is 0.497 e. The third-order valence-electron chi connectivity index (χ3n) is 1.91. The highest BCUT2D eigenvalue weighted by molar-refractivity contribution is 5.39. The zero-order valence-corrected chi connectivity index (χ0v) is 8.72. The fourth-order valence-electron chi connectivity index (χ4n) is 1.07. The van der Waals surface area contributed by atoms with Gasteiger partial charge in [0, 0.05) is 12.5 Å². The molecule has 2 N–H and O–H groups in total. The van der Waals surface area contributed by atoms with E-state index in [0.29, 0.717) is 24.3 Å². The predicted molar refractivity (Wildman–Crippen MR) is 58.1 cm³/mol. The molecule has 0 heterocycles. The molecular weight excluding hydrogens is 193 g/mol. The van der Waals surface area contributed by atoms with E-state index in [2.05, 4.69) is 11.8 Å². The third-order valence-corrected chi connectivity index (χ3v) is 1.91. The third kappa shape index (κ3) is 3.61. The van der Waals surface area contributed by atoms with Crippen molar-refractivity contribution in [2.45, 2.75) is 12.8 Å². The monoisotopic (exact) mass is 207 g/mol. The van der Waals surface area contributed by atoms with Crippen LogP contribution in [0.3, 0.4) is 0 Å². The Balaban J connectivity index is 2.72. The summed E-state index contributed by atoms with van der Waals surface area (Å²) in [7, 11) is 1.50. The van der Waals surface area contributed by atoms with Gasteiger partial charge >= 0.3 is 0 Å². The summed E-state index contributed by atoms with van der Waals surface area (Å²) in [5, 5.41) is 0. The minimum absolute atomic E-state index is 0.352. The van der Waals surface area contributed by atoms with Gasteiger partial charge < -0.3 is 10.5 Å². The van der Waals surface area contributed by atoms with E-state index in [-0.39, 0.29) is 5.82 Å². The van der Waals surface area contributed by atoms with Crippen molar-refractivity contribution in [3.8, 4) is 17.6 Å². The van der Waals surface area contributed by atoms with Gasteiger partial charge in [0.25, 0.3) is 0 Å². The number of ether oxygens (including phenoxy) is 1. The van der Waals surface area contributed by atoms with E-state index < -0.39 is 0 Å². The van der Waals surface area contributed by atoms with Gasteiger partial charge in [-0.1, -0.05) is 11.8 Å². The van der Waals surface area contributed by atoms with Crippen LogP contribution in [0.2, 0.25) is 0 Å². The minimum atomic E-state index is -0.352. The van der Waals surface area contributed by atoms with Crippen LogP contribution in [0.4, 0.5) is 4.39 Å². The topological polar surface area (TPSA) is 35.2 Å². The van der Waals surface area contributed by atoms with Gasteiger partial charge in [-0.15, -0.1) is 0 Å². The van der Waals surface area contributed by atoms with Gasteiger partial charge in [0.15, 0.2) is 0 Å². The lowest BCUT2D eigenvalue weighted by atomic mass is 10.2. The SMILES string of the molecule is COc1ccc(C#CCCCN)c(F)c1. The molecule has 0 radical (unpaired) electrons. The van der Waals surface area contributed by atoms with E-state index in [1.165, 1.54) is 13.2 Å². The number of halogens is 1. The number of rotatable bonds is 3. The Hall–Kier alpha value is -1.53. The number of methoxy groups -OCH3 is 1. The summed E-state index contributed by atoms with van der Waals surface area (Å²) in [6.07, 6.45) is 1.53. The van der Waals surface area contributed by atoms with E-state index in [1.807, 2.05) is 0 Å². The summed E-state index contributed by atoms with van der Waals surface area (Å²) in [5.74, 6) is 5.78. The molecule has 0 unspecified atom stereocenters. The van der Waals surface area contributed by atoms with E-state index in [9.17, 15) is 4.39 Å². The zero-order valence-electron chi connectivity index (χ0n) is 8.72. The summed E-state index contributed by atoms with van der Waals surface area (Å²) in [6, 6.07) is 4.63. The molecule has 0 saturated heterocycles. The van der Waals surface area contributed by atoms with Crippen molar-refractivity contribution in [1.29, 1.82) is 0 Å². The van der Waals surface area contributed by atoms with Crippen molar-refractivity contribution in [2.24, 2.45) is 5.73 Å². The van der Waals surface area contributed by atoms with Crippen LogP contribution in [0, 0.1) is 17.7 Å². The first-order valence-electron chi connectivity index (χ1n) is 4.80. The minimum Gasteiger partial charge on any atom is -0.497 e. The molecule has 1 aromatic rings. The number of nitrogens with two attached hydrogens (primary N) is 1. The van der Waals surface area contributed by atoms with Gasteiger partial charge in [0.05, 0.1) is 12.7 Å². The summed E-state index contributed by atoms with van der Waals surface area (Å²) in [4.78, 5) is 0. The standard InChI is InChI=1S/C12H14FNO/c1-15-11-7-6-10(12(13)9-11)5-3-2-4-8-14/h6-7,9H,2,4,8,14H2,1H3. The van der Waals surface area contributed by atoms with Crippen molar-refractivity contribution in [3.63, 3.8) is 0 Å². The molecule has 80 valence electrons. The molecule has 1 aromatic carbocycles. The van der Waals surface area contributed by atoms with Crippen molar-refractivity contribution in [1.82, 2.24) is 0 Å². The molecule has 0 aromatic heterocycles. The van der Waals surface area contributed by atoms with Crippen LogP contribution in [-0.4, -0.2) is 13.7 Å². The Morgan fingerprint density at radius 1 is 1.47 bits per heavy atom. The maximum Gasteiger partial charge on any atom is 0.142 e. The van der Waals surface area contributed by atoms with Crippen LogP contribution >= 0.6 is 0 Å². The molecule has 0 aliphatic rings. The molecule has 0 atom stereocenters. The van der Waals surface area contributed by atoms with E-state index >= 15 is 0 Å². The maximum atomic E-state index is 13.3. The molecule has 0 aliphatic heterocycles. The number of hydrogen-bond acceptors (Lipinski definition) is 2. The van der Waals surface area contributed by atoms with Gasteiger partial charge in [-0.25, -0.2) is 4.39 Å². The Morgan fingerprint density at radius 3 is 2.87 bits per heavy atom. The van der Waals surface area contributed by atoms with Gasteiger partial charge in [0.1, 0.15) is 11.6 Å². The average molecular weight is 207 g/mol. The Labute approximate surface area is 89.2 Å². The highest BCUT2D eigenvalue weighted by Crippen LogP contribution is 2.15. The quantitative estimate of drug-likeness (QED) is 0.607. The van der Waals surface area contributed by atoms with E-state index in [0.717, 1.165) is 6.42 Å². The maximum absolute atomic E-state index is 13.3. The van der Waals surface area contributed by atoms with Gasteiger partial charge in [-0.3, -0.25) is 0 Å². The fourth-order valence-corrected chi connectivity index (χ4v) is 1.07. The molecule has 1 rings (SSSR count). The van der Waals surface area contributed by atoms with Crippen molar-refractivity contribution >= 4 is 0 Å². The normalized spacial score (nSPS) is 9.27. The van der Waals surface area contributed by atoms with Crippen LogP contribution in [-0.2, 0) is 0 Å². The molecule has 3 heteroatoms. The molecule has 15 heavy (non-hydrogen) atoms. The molecular formula is C12H14FNO. The first kappa shape index (κ1) is 11.5. The summed E-state index contributed by atoms with van der Waals surface area (Å²) >= 11 is 0. The zero-order chi connectivity index (χ0) is 11.1. The number of unbranched alkanes of at least 4 members (excludes halogenated alkanes) is 1. The lowest BCUT2D eigenvalue weighted by molar-refractivity contribution is 0.411. The Kier molecular flexibility index (Phi) is 4.65. The summed E-state index contributed by atoms with van der Waals surface area (Å²) < 4.78 is 18.2. The second kappa shape index (κ2) is 6.05. The Morgan fingerprint density at radius 2 is 2.27 bits per heavy atom. The van der Waals surface area contributed by atoms with Crippen molar-refractivity contribution in [3.05, 3.63) is 29.6 Å². The van der Waals surface area contributed by atoms with Gasteiger partial charge in [-0.2, -0.15) is 0 Å². The number of benzene rings is 1. The second-order valence-corrected chi connectivity index (χ2v) is 3.04. The second-order valence-electron chi connectivity index (χ2n) is 3.04. The molecule has 0 bridgehead atoms. The molecule has 2 nitrogen and oxygen atoms in total. The van der Waals surface area contributed by atoms with Crippen LogP contribution < -0.4 is 10.5 Å². The van der Waals surface area contributed by atoms with Crippen LogP contribution in [0.25, 0.3) is 0 Å². The molecule has 0 saturated carbocycles. The van der Waals surface area contributed by atoms with Crippen LogP contribution in [0.5, 0.6) is 5.75 Å². The highest BCUT2D eigenvalue weighted by atomic mass is 19.1. The van der Waals surface area contributed by atoms with E-state index in [1.54, 1.807) is 12.1 Å². The van der Waals surface area contributed by atoms with E-state index in [4.69, 9.17) is 10.5 Å². The van der Waals surface area contributed by atoms with Crippen LogP contribution in [0.15, 0.2) is 18.2 Å². The molecule has 0 spiro atoms. The molecule has 0 fully saturated rings. The summed E-state index contributed by atoms with van der Waals surface area (Å²) in [6.45, 7) is 0.611. The predicted octanol–water partition coefficient (Wildman–Crippen LogP) is 1.92. The first-order valence-corrected chi connectivity index (χ1v) is 4.80. The summed E-state index contributed by atoms with van der Waals surface area (Å²) in [5.41, 5.74) is 5.71. The first-order chi connectivity index (χ1) is 7.27. The van der Waals surface area contributed by atoms with Crippen LogP contribution in [0.1, 0.15) is 18.4 Å². The number of hydrogen-bond donors (Lipinski definition) is 1. The van der Waals surface area contributed by atoms with Gasteiger partial charge in [-0.05, 0) is 25.1 Å². The lowest BCUT2D eigenvalue weighted by Gasteiger charge is -1.99. The van der Waals surface area contributed by atoms with Crippen molar-refractivity contribution < 1.29 is 9.13 Å². The highest BCUT2D eigenvalue weighted by Gasteiger charge is 2.00. The molecule has 0 amide bonds.